The Bertz CT molecular complexity index is 897. The van der Waals surface area contributed by atoms with E-state index in [9.17, 15) is 0 Å². The maximum Gasteiger partial charge on any atom is 0.224 e. The normalized spacial score (nSPS) is 10.4. The van der Waals surface area contributed by atoms with Crippen LogP contribution in [0.2, 0.25) is 0 Å². The lowest BCUT2D eigenvalue weighted by Crippen LogP contribution is -2.09. The van der Waals surface area contributed by atoms with Gasteiger partial charge in [-0.05, 0) is 54.3 Å². The van der Waals surface area contributed by atoms with Gasteiger partial charge in [0.1, 0.15) is 5.82 Å². The highest BCUT2D eigenvalue weighted by Crippen LogP contribution is 2.27. The Morgan fingerprint density at radius 2 is 1.64 bits per heavy atom. The zero-order chi connectivity index (χ0) is 19.8. The first kappa shape index (κ1) is 19.5. The molecule has 0 saturated carbocycles. The van der Waals surface area contributed by atoms with Crippen molar-refractivity contribution in [2.45, 2.75) is 19.8 Å². The first-order valence-electron chi connectivity index (χ1n) is 9.35. The topological polar surface area (TPSA) is 68.3 Å². The van der Waals surface area contributed by atoms with Crippen LogP contribution in [0.3, 0.4) is 0 Å². The lowest BCUT2D eigenvalue weighted by atomic mass is 10.1. The lowest BCUT2D eigenvalue weighted by Gasteiger charge is -2.11. The average Bonchev–Trinajstić information content (AvgIpc) is 2.74. The van der Waals surface area contributed by atoms with Gasteiger partial charge in [-0.1, -0.05) is 25.1 Å². The molecule has 0 spiro atoms. The van der Waals surface area contributed by atoms with Gasteiger partial charge in [0.2, 0.25) is 5.95 Å². The third kappa shape index (κ3) is 5.13. The minimum atomic E-state index is 0.593. The molecular weight excluding hydrogens is 352 g/mol. The predicted octanol–water partition coefficient (Wildman–Crippen LogP) is 4.45. The third-order valence-electron chi connectivity index (χ3n) is 4.43. The molecule has 0 unspecified atom stereocenters. The summed E-state index contributed by atoms with van der Waals surface area (Å²) in [6.07, 6.45) is 3.59. The Balaban J connectivity index is 1.57. The molecule has 6 nitrogen and oxygen atoms in total. The molecule has 0 aliphatic carbocycles. The number of ether oxygens (including phenoxy) is 2. The van der Waals surface area contributed by atoms with Crippen LogP contribution in [0.25, 0.3) is 0 Å². The van der Waals surface area contributed by atoms with Crippen molar-refractivity contribution in [2.24, 2.45) is 0 Å². The number of aromatic nitrogens is 2. The number of nitrogens with one attached hydrogen (secondary N) is 2. The first-order chi connectivity index (χ1) is 13.7. The highest BCUT2D eigenvalue weighted by atomic mass is 16.5. The Morgan fingerprint density at radius 1 is 0.893 bits per heavy atom. The van der Waals surface area contributed by atoms with Crippen LogP contribution in [-0.2, 0) is 12.8 Å². The van der Waals surface area contributed by atoms with Crippen LogP contribution in [0.15, 0.2) is 54.7 Å². The molecule has 2 N–H and O–H groups in total. The number of methoxy groups -OCH3 is 2. The smallest absolute Gasteiger partial charge is 0.224 e. The summed E-state index contributed by atoms with van der Waals surface area (Å²) in [5.74, 6) is 2.81. The maximum absolute atomic E-state index is 5.35. The molecule has 28 heavy (non-hydrogen) atoms. The van der Waals surface area contributed by atoms with E-state index in [1.54, 1.807) is 20.4 Å². The number of hydrogen-bond acceptors (Lipinski definition) is 6. The van der Waals surface area contributed by atoms with E-state index >= 15 is 0 Å². The highest BCUT2D eigenvalue weighted by Gasteiger charge is 2.05. The molecule has 3 aromatic rings. The summed E-state index contributed by atoms with van der Waals surface area (Å²) in [6, 6.07) is 16.1. The van der Waals surface area contributed by atoms with Gasteiger partial charge < -0.3 is 20.1 Å². The van der Waals surface area contributed by atoms with Crippen LogP contribution in [0, 0.1) is 0 Å². The van der Waals surface area contributed by atoms with Crippen molar-refractivity contribution in [3.63, 3.8) is 0 Å². The minimum Gasteiger partial charge on any atom is -0.493 e. The molecule has 0 aliphatic rings. The average molecular weight is 378 g/mol. The molecule has 0 amide bonds. The molecule has 0 bridgehead atoms. The number of aryl methyl sites for hydroxylation is 1. The second kappa shape index (κ2) is 9.60. The van der Waals surface area contributed by atoms with Gasteiger partial charge in [0.25, 0.3) is 0 Å². The van der Waals surface area contributed by atoms with E-state index in [1.807, 2.05) is 24.3 Å². The number of nitrogens with zero attached hydrogens (tertiary/aromatic N) is 2. The van der Waals surface area contributed by atoms with Crippen LogP contribution >= 0.6 is 0 Å². The molecule has 146 valence electrons. The van der Waals surface area contributed by atoms with Crippen molar-refractivity contribution in [3.05, 3.63) is 65.9 Å². The molecule has 0 radical (unpaired) electrons. The van der Waals surface area contributed by atoms with E-state index < -0.39 is 0 Å². The first-order valence-corrected chi connectivity index (χ1v) is 9.35. The summed E-state index contributed by atoms with van der Waals surface area (Å²) in [5.41, 5.74) is 3.47. The Labute approximate surface area is 166 Å². The van der Waals surface area contributed by atoms with Crippen molar-refractivity contribution in [1.29, 1.82) is 0 Å². The second-order valence-electron chi connectivity index (χ2n) is 6.31. The molecule has 0 aliphatic heterocycles. The fraction of sp³-hybridized carbons (Fsp3) is 0.273. The highest BCUT2D eigenvalue weighted by molar-refractivity contribution is 5.57. The molecule has 2 aromatic carbocycles. The third-order valence-corrected chi connectivity index (χ3v) is 4.43. The Kier molecular flexibility index (Phi) is 6.68. The Hall–Kier alpha value is -3.28. The summed E-state index contributed by atoms with van der Waals surface area (Å²) < 4.78 is 10.6. The van der Waals surface area contributed by atoms with Crippen molar-refractivity contribution in [3.8, 4) is 11.5 Å². The van der Waals surface area contributed by atoms with Crippen molar-refractivity contribution >= 4 is 17.5 Å². The van der Waals surface area contributed by atoms with Gasteiger partial charge in [0.15, 0.2) is 11.5 Å². The van der Waals surface area contributed by atoms with E-state index in [0.29, 0.717) is 12.5 Å². The summed E-state index contributed by atoms with van der Waals surface area (Å²) >= 11 is 0. The standard InChI is InChI=1S/C22H26N4O2/c1-4-16-5-8-18(9-6-16)25-21-12-14-24-22(26-21)23-13-11-17-7-10-19(27-2)20(15-17)28-3/h5-10,12,14-15H,4,11,13H2,1-3H3,(H2,23,24,25,26). The van der Waals surface area contributed by atoms with Gasteiger partial charge in [-0.3, -0.25) is 0 Å². The van der Waals surface area contributed by atoms with Crippen LogP contribution in [0.5, 0.6) is 11.5 Å². The molecule has 0 fully saturated rings. The lowest BCUT2D eigenvalue weighted by molar-refractivity contribution is 0.354. The number of benzene rings is 2. The van der Waals surface area contributed by atoms with Gasteiger partial charge >= 0.3 is 0 Å². The van der Waals surface area contributed by atoms with Gasteiger partial charge in [0.05, 0.1) is 14.2 Å². The van der Waals surface area contributed by atoms with Crippen molar-refractivity contribution in [2.75, 3.05) is 31.4 Å². The van der Waals surface area contributed by atoms with Gasteiger partial charge in [0, 0.05) is 18.4 Å². The summed E-state index contributed by atoms with van der Waals surface area (Å²) in [6.45, 7) is 2.86. The maximum atomic E-state index is 5.35. The van der Waals surface area contributed by atoms with E-state index in [2.05, 4.69) is 51.8 Å². The fourth-order valence-electron chi connectivity index (χ4n) is 2.84. The monoisotopic (exact) mass is 378 g/mol. The zero-order valence-electron chi connectivity index (χ0n) is 16.5. The number of rotatable bonds is 9. The predicted molar refractivity (Wildman–Crippen MR) is 113 cm³/mol. The summed E-state index contributed by atoms with van der Waals surface area (Å²) in [4.78, 5) is 8.82. The molecule has 1 aromatic heterocycles. The van der Waals surface area contributed by atoms with Crippen LogP contribution in [0.4, 0.5) is 17.5 Å². The Morgan fingerprint density at radius 3 is 2.36 bits per heavy atom. The van der Waals surface area contributed by atoms with Gasteiger partial charge in [-0.15, -0.1) is 0 Å². The molecule has 1 heterocycles. The fourth-order valence-corrected chi connectivity index (χ4v) is 2.84. The SMILES string of the molecule is CCc1ccc(Nc2ccnc(NCCc3ccc(OC)c(OC)c3)n2)cc1. The van der Waals surface area contributed by atoms with Crippen molar-refractivity contribution in [1.82, 2.24) is 9.97 Å². The van der Waals surface area contributed by atoms with E-state index in [4.69, 9.17) is 9.47 Å². The molecule has 0 atom stereocenters. The van der Waals surface area contributed by atoms with Gasteiger partial charge in [-0.25, -0.2) is 4.98 Å². The quantitative estimate of drug-likeness (QED) is 0.573. The van der Waals surface area contributed by atoms with E-state index in [1.165, 1.54) is 5.56 Å². The van der Waals surface area contributed by atoms with E-state index in [0.717, 1.165) is 41.4 Å². The van der Waals surface area contributed by atoms with Crippen LogP contribution < -0.4 is 20.1 Å². The second-order valence-corrected chi connectivity index (χ2v) is 6.31. The zero-order valence-corrected chi connectivity index (χ0v) is 16.5. The van der Waals surface area contributed by atoms with Crippen LogP contribution in [0.1, 0.15) is 18.1 Å². The number of anilines is 3. The van der Waals surface area contributed by atoms with Gasteiger partial charge in [-0.2, -0.15) is 4.98 Å². The number of hydrogen-bond donors (Lipinski definition) is 2. The van der Waals surface area contributed by atoms with Crippen molar-refractivity contribution < 1.29 is 9.47 Å². The minimum absolute atomic E-state index is 0.593. The molecular formula is C22H26N4O2. The van der Waals surface area contributed by atoms with Crippen LogP contribution in [-0.4, -0.2) is 30.7 Å². The summed E-state index contributed by atoms with van der Waals surface area (Å²) in [5, 5.41) is 6.58. The largest absolute Gasteiger partial charge is 0.493 e. The summed E-state index contributed by atoms with van der Waals surface area (Å²) in [7, 11) is 3.28. The molecule has 6 heteroatoms. The molecule has 3 rings (SSSR count). The molecule has 0 saturated heterocycles. The van der Waals surface area contributed by atoms with E-state index in [-0.39, 0.29) is 0 Å².